The van der Waals surface area contributed by atoms with Crippen LogP contribution in [-0.2, 0) is 25.0 Å². The standard InChI is InChI=1S/C22H26N2O4S/c1-16-5-2-3-7-20(16)29(26,27)24-18-10-8-17(9-11-18)22(12-13-22)21(25)23-15-19-6-4-14-28-19/h2-3,5,7-11,19,24H,4,6,12-15H2,1H3,(H,23,25)/t19-/m1/s1. The van der Waals surface area contributed by atoms with E-state index in [2.05, 4.69) is 10.0 Å². The van der Waals surface area contributed by atoms with Crippen LogP contribution in [0, 0.1) is 6.92 Å². The third-order valence-electron chi connectivity index (χ3n) is 5.77. The lowest BCUT2D eigenvalue weighted by Gasteiger charge is -2.18. The van der Waals surface area contributed by atoms with Gasteiger partial charge in [0.05, 0.1) is 16.4 Å². The second-order valence-corrected chi connectivity index (χ2v) is 9.53. The summed E-state index contributed by atoms with van der Waals surface area (Å²) in [6.45, 7) is 3.09. The van der Waals surface area contributed by atoms with E-state index in [0.717, 1.165) is 37.9 Å². The highest BCUT2D eigenvalue weighted by Gasteiger charge is 2.51. The second-order valence-electron chi connectivity index (χ2n) is 7.88. The van der Waals surface area contributed by atoms with Gasteiger partial charge in [-0.3, -0.25) is 9.52 Å². The molecule has 1 saturated heterocycles. The fourth-order valence-electron chi connectivity index (χ4n) is 3.88. The lowest BCUT2D eigenvalue weighted by Crippen LogP contribution is -2.39. The van der Waals surface area contributed by atoms with E-state index in [0.29, 0.717) is 17.8 Å². The Morgan fingerprint density at radius 1 is 1.14 bits per heavy atom. The Balaban J connectivity index is 1.43. The Labute approximate surface area is 171 Å². The third-order valence-corrected chi connectivity index (χ3v) is 7.31. The molecule has 0 radical (unpaired) electrons. The number of ether oxygens (including phenoxy) is 1. The molecule has 2 aromatic rings. The number of amides is 1. The highest BCUT2D eigenvalue weighted by atomic mass is 32.2. The first-order valence-corrected chi connectivity index (χ1v) is 11.5. The molecule has 29 heavy (non-hydrogen) atoms. The van der Waals surface area contributed by atoms with Gasteiger partial charge in [-0.05, 0) is 61.9 Å². The number of hydrogen-bond acceptors (Lipinski definition) is 4. The predicted octanol–water partition coefficient (Wildman–Crippen LogP) is 3.12. The first-order chi connectivity index (χ1) is 13.9. The number of benzene rings is 2. The molecular formula is C22H26N2O4S. The minimum atomic E-state index is -3.65. The van der Waals surface area contributed by atoms with E-state index < -0.39 is 15.4 Å². The lowest BCUT2D eigenvalue weighted by atomic mass is 9.94. The van der Waals surface area contributed by atoms with Crippen molar-refractivity contribution in [3.05, 3.63) is 59.7 Å². The summed E-state index contributed by atoms with van der Waals surface area (Å²) in [5, 5.41) is 3.03. The molecule has 2 aliphatic rings. The average Bonchev–Trinajstić information content (AvgIpc) is 3.35. The zero-order chi connectivity index (χ0) is 20.5. The van der Waals surface area contributed by atoms with E-state index in [1.807, 2.05) is 18.2 Å². The Morgan fingerprint density at radius 2 is 1.86 bits per heavy atom. The number of nitrogens with one attached hydrogen (secondary N) is 2. The van der Waals surface area contributed by atoms with Crippen LogP contribution in [-0.4, -0.2) is 33.6 Å². The van der Waals surface area contributed by atoms with E-state index in [1.165, 1.54) is 0 Å². The van der Waals surface area contributed by atoms with Crippen molar-refractivity contribution in [1.29, 1.82) is 0 Å². The van der Waals surface area contributed by atoms with Crippen molar-refractivity contribution >= 4 is 21.6 Å². The van der Waals surface area contributed by atoms with E-state index in [1.54, 1.807) is 37.3 Å². The quantitative estimate of drug-likeness (QED) is 0.729. The molecule has 1 amide bonds. The molecule has 2 fully saturated rings. The summed E-state index contributed by atoms with van der Waals surface area (Å²) in [5.41, 5.74) is 1.59. The van der Waals surface area contributed by atoms with Gasteiger partial charge in [0.15, 0.2) is 0 Å². The van der Waals surface area contributed by atoms with Gasteiger partial charge < -0.3 is 10.1 Å². The van der Waals surface area contributed by atoms with Crippen LogP contribution >= 0.6 is 0 Å². The van der Waals surface area contributed by atoms with Crippen LogP contribution in [0.5, 0.6) is 0 Å². The molecule has 154 valence electrons. The fraction of sp³-hybridized carbons (Fsp3) is 0.409. The van der Waals surface area contributed by atoms with E-state index >= 15 is 0 Å². The minimum absolute atomic E-state index is 0.0289. The second kappa shape index (κ2) is 7.80. The topological polar surface area (TPSA) is 84.5 Å². The van der Waals surface area contributed by atoms with Gasteiger partial charge >= 0.3 is 0 Å². The molecule has 0 aromatic heterocycles. The fourth-order valence-corrected chi connectivity index (χ4v) is 5.18. The minimum Gasteiger partial charge on any atom is -0.376 e. The SMILES string of the molecule is Cc1ccccc1S(=O)(=O)Nc1ccc(C2(C(=O)NC[C@H]3CCCO3)CC2)cc1. The molecule has 1 aliphatic heterocycles. The van der Waals surface area contributed by atoms with Gasteiger partial charge in [-0.25, -0.2) is 8.42 Å². The molecule has 0 bridgehead atoms. The first kappa shape index (κ1) is 19.9. The summed E-state index contributed by atoms with van der Waals surface area (Å²) < 4.78 is 33.5. The Kier molecular flexibility index (Phi) is 5.36. The Hall–Kier alpha value is -2.38. The van der Waals surface area contributed by atoms with Gasteiger partial charge in [-0.1, -0.05) is 30.3 Å². The number of sulfonamides is 1. The van der Waals surface area contributed by atoms with Crippen molar-refractivity contribution in [2.24, 2.45) is 0 Å². The molecular weight excluding hydrogens is 388 g/mol. The maximum Gasteiger partial charge on any atom is 0.262 e. The zero-order valence-corrected chi connectivity index (χ0v) is 17.3. The van der Waals surface area contributed by atoms with Crippen LogP contribution in [0.2, 0.25) is 0 Å². The van der Waals surface area contributed by atoms with Crippen molar-refractivity contribution in [2.45, 2.75) is 49.0 Å². The summed E-state index contributed by atoms with van der Waals surface area (Å²) in [7, 11) is -3.65. The van der Waals surface area contributed by atoms with Gasteiger partial charge in [-0.2, -0.15) is 0 Å². The average molecular weight is 415 g/mol. The van der Waals surface area contributed by atoms with E-state index in [4.69, 9.17) is 4.74 Å². The number of anilines is 1. The van der Waals surface area contributed by atoms with Crippen LogP contribution in [0.15, 0.2) is 53.4 Å². The summed E-state index contributed by atoms with van der Waals surface area (Å²) in [5.74, 6) is 0.0289. The van der Waals surface area contributed by atoms with Crippen LogP contribution in [0.1, 0.15) is 36.8 Å². The lowest BCUT2D eigenvalue weighted by molar-refractivity contribution is -0.124. The molecule has 4 rings (SSSR count). The molecule has 0 unspecified atom stereocenters. The summed E-state index contributed by atoms with van der Waals surface area (Å²) in [6, 6.07) is 14.0. The largest absolute Gasteiger partial charge is 0.376 e. The number of rotatable bonds is 7. The highest BCUT2D eigenvalue weighted by Crippen LogP contribution is 2.48. The van der Waals surface area contributed by atoms with Gasteiger partial charge in [0.2, 0.25) is 5.91 Å². The predicted molar refractivity (Wildman–Crippen MR) is 111 cm³/mol. The molecule has 1 aliphatic carbocycles. The Morgan fingerprint density at radius 3 is 2.48 bits per heavy atom. The molecule has 1 atom stereocenters. The van der Waals surface area contributed by atoms with Gasteiger partial charge in [0, 0.05) is 18.8 Å². The molecule has 6 nitrogen and oxygen atoms in total. The molecule has 2 aromatic carbocycles. The highest BCUT2D eigenvalue weighted by molar-refractivity contribution is 7.92. The summed E-state index contributed by atoms with van der Waals surface area (Å²) >= 11 is 0. The monoisotopic (exact) mass is 414 g/mol. The number of carbonyl (C=O) groups excluding carboxylic acids is 1. The van der Waals surface area contributed by atoms with Crippen LogP contribution in [0.25, 0.3) is 0 Å². The maximum absolute atomic E-state index is 12.7. The van der Waals surface area contributed by atoms with Crippen LogP contribution in [0.3, 0.4) is 0 Å². The molecule has 0 spiro atoms. The van der Waals surface area contributed by atoms with Gasteiger partial charge in [0.1, 0.15) is 0 Å². The summed E-state index contributed by atoms with van der Waals surface area (Å²) in [4.78, 5) is 13.0. The number of hydrogen-bond donors (Lipinski definition) is 2. The van der Waals surface area contributed by atoms with Crippen LogP contribution in [0.4, 0.5) is 5.69 Å². The van der Waals surface area contributed by atoms with Crippen molar-refractivity contribution in [1.82, 2.24) is 5.32 Å². The number of aryl methyl sites for hydroxylation is 1. The van der Waals surface area contributed by atoms with Crippen molar-refractivity contribution in [2.75, 3.05) is 17.9 Å². The summed E-state index contributed by atoms with van der Waals surface area (Å²) in [6.07, 6.45) is 3.76. The molecule has 7 heteroatoms. The Bertz CT molecular complexity index is 992. The smallest absolute Gasteiger partial charge is 0.262 e. The van der Waals surface area contributed by atoms with Crippen molar-refractivity contribution < 1.29 is 17.9 Å². The van der Waals surface area contributed by atoms with E-state index in [-0.39, 0.29) is 16.9 Å². The van der Waals surface area contributed by atoms with Gasteiger partial charge in [0.25, 0.3) is 10.0 Å². The normalized spacial score (nSPS) is 20.2. The first-order valence-electron chi connectivity index (χ1n) is 10.00. The van der Waals surface area contributed by atoms with Crippen LogP contribution < -0.4 is 10.0 Å². The third kappa shape index (κ3) is 4.16. The number of carbonyl (C=O) groups is 1. The molecule has 1 heterocycles. The maximum atomic E-state index is 12.7. The van der Waals surface area contributed by atoms with E-state index in [9.17, 15) is 13.2 Å². The zero-order valence-electron chi connectivity index (χ0n) is 16.5. The molecule has 1 saturated carbocycles. The van der Waals surface area contributed by atoms with Gasteiger partial charge in [-0.15, -0.1) is 0 Å². The van der Waals surface area contributed by atoms with Crippen molar-refractivity contribution in [3.8, 4) is 0 Å². The molecule has 2 N–H and O–H groups in total. The van der Waals surface area contributed by atoms with Crippen molar-refractivity contribution in [3.63, 3.8) is 0 Å².